The van der Waals surface area contributed by atoms with Crippen LogP contribution < -0.4 is 10.6 Å². The number of benzene rings is 2. The normalized spacial score (nSPS) is 10.2. The second kappa shape index (κ2) is 6.77. The van der Waals surface area contributed by atoms with Gasteiger partial charge >= 0.3 is 0 Å². The fourth-order valence-corrected chi connectivity index (χ4v) is 2.14. The van der Waals surface area contributed by atoms with E-state index in [1.807, 2.05) is 49.4 Å². The molecule has 0 heterocycles. The van der Waals surface area contributed by atoms with Gasteiger partial charge in [-0.05, 0) is 48.9 Å². The van der Waals surface area contributed by atoms with Crippen LogP contribution in [0.2, 0.25) is 5.02 Å². The molecule has 3 nitrogen and oxygen atoms in total. The first kappa shape index (κ1) is 14.9. The number of halogens is 2. The summed E-state index contributed by atoms with van der Waals surface area (Å²) in [6, 6.07) is 13.1. The molecular weight excluding hydrogens is 340 g/mol. The molecule has 2 aromatic rings. The number of hydrogen-bond acceptors (Lipinski definition) is 2. The van der Waals surface area contributed by atoms with E-state index < -0.39 is 0 Å². The van der Waals surface area contributed by atoms with Crippen molar-refractivity contribution in [1.82, 2.24) is 0 Å². The Balaban J connectivity index is 1.92. The molecule has 2 aromatic carbocycles. The fourth-order valence-electron chi connectivity index (χ4n) is 1.69. The molecule has 20 heavy (non-hydrogen) atoms. The third-order valence-electron chi connectivity index (χ3n) is 2.69. The highest BCUT2D eigenvalue weighted by atomic mass is 79.9. The summed E-state index contributed by atoms with van der Waals surface area (Å²) in [7, 11) is 0. The van der Waals surface area contributed by atoms with E-state index in [0.717, 1.165) is 21.4 Å². The molecule has 0 aromatic heterocycles. The standard InChI is InChI=1S/C15H14BrClN2O/c1-10-2-7-13(17)14(8-10)18-9-15(20)19-12-5-3-11(16)4-6-12/h2-8,18H,9H2,1H3,(H,19,20). The van der Waals surface area contributed by atoms with E-state index >= 15 is 0 Å². The van der Waals surface area contributed by atoms with Gasteiger partial charge in [0, 0.05) is 10.2 Å². The Hall–Kier alpha value is -1.52. The number of rotatable bonds is 4. The van der Waals surface area contributed by atoms with Crippen LogP contribution in [-0.2, 0) is 4.79 Å². The van der Waals surface area contributed by atoms with Crippen LogP contribution in [0.15, 0.2) is 46.9 Å². The summed E-state index contributed by atoms with van der Waals surface area (Å²) in [4.78, 5) is 11.8. The number of carbonyl (C=O) groups is 1. The zero-order chi connectivity index (χ0) is 14.5. The van der Waals surface area contributed by atoms with Crippen LogP contribution in [0, 0.1) is 6.92 Å². The first-order chi connectivity index (χ1) is 9.54. The van der Waals surface area contributed by atoms with Gasteiger partial charge in [0.15, 0.2) is 0 Å². The van der Waals surface area contributed by atoms with E-state index in [9.17, 15) is 4.79 Å². The Morgan fingerprint density at radius 2 is 1.90 bits per heavy atom. The second-order valence-electron chi connectivity index (χ2n) is 4.39. The highest BCUT2D eigenvalue weighted by Crippen LogP contribution is 2.22. The van der Waals surface area contributed by atoms with Crippen molar-refractivity contribution < 1.29 is 4.79 Å². The molecule has 0 aliphatic carbocycles. The molecule has 0 spiro atoms. The molecule has 0 unspecified atom stereocenters. The number of anilines is 2. The van der Waals surface area contributed by atoms with Crippen molar-refractivity contribution >= 4 is 44.8 Å². The van der Waals surface area contributed by atoms with E-state index in [0.29, 0.717) is 5.02 Å². The lowest BCUT2D eigenvalue weighted by molar-refractivity contribution is -0.114. The van der Waals surface area contributed by atoms with Crippen molar-refractivity contribution in [3.8, 4) is 0 Å². The monoisotopic (exact) mass is 352 g/mol. The highest BCUT2D eigenvalue weighted by Gasteiger charge is 2.05. The van der Waals surface area contributed by atoms with Crippen LogP contribution in [0.4, 0.5) is 11.4 Å². The average Bonchev–Trinajstić information content (AvgIpc) is 2.42. The summed E-state index contributed by atoms with van der Waals surface area (Å²) in [6.45, 7) is 2.14. The van der Waals surface area contributed by atoms with Gasteiger partial charge < -0.3 is 10.6 Å². The SMILES string of the molecule is Cc1ccc(Cl)c(NCC(=O)Nc2ccc(Br)cc2)c1. The van der Waals surface area contributed by atoms with Crippen LogP contribution >= 0.6 is 27.5 Å². The number of hydrogen-bond donors (Lipinski definition) is 2. The van der Waals surface area contributed by atoms with Crippen molar-refractivity contribution in [2.45, 2.75) is 6.92 Å². The Labute approximate surface area is 131 Å². The van der Waals surface area contributed by atoms with Crippen molar-refractivity contribution in [2.75, 3.05) is 17.2 Å². The molecule has 0 saturated carbocycles. The Morgan fingerprint density at radius 3 is 2.60 bits per heavy atom. The molecule has 5 heteroatoms. The minimum Gasteiger partial charge on any atom is -0.375 e. The minimum absolute atomic E-state index is 0.120. The maximum atomic E-state index is 11.8. The molecule has 0 radical (unpaired) electrons. The zero-order valence-corrected chi connectivity index (χ0v) is 13.3. The van der Waals surface area contributed by atoms with Gasteiger partial charge in [-0.15, -0.1) is 0 Å². The Bertz CT molecular complexity index is 614. The summed E-state index contributed by atoms with van der Waals surface area (Å²) in [6.07, 6.45) is 0. The van der Waals surface area contributed by atoms with E-state index in [1.54, 1.807) is 0 Å². The third-order valence-corrected chi connectivity index (χ3v) is 3.55. The number of amides is 1. The van der Waals surface area contributed by atoms with Gasteiger partial charge in [0.25, 0.3) is 0 Å². The van der Waals surface area contributed by atoms with Gasteiger partial charge in [-0.3, -0.25) is 4.79 Å². The van der Waals surface area contributed by atoms with Crippen LogP contribution in [0.25, 0.3) is 0 Å². The van der Waals surface area contributed by atoms with Crippen LogP contribution in [-0.4, -0.2) is 12.5 Å². The lowest BCUT2D eigenvalue weighted by atomic mass is 10.2. The first-order valence-electron chi connectivity index (χ1n) is 6.10. The predicted octanol–water partition coefficient (Wildman–Crippen LogP) is 4.46. The third kappa shape index (κ3) is 4.25. The topological polar surface area (TPSA) is 41.1 Å². The number of nitrogens with one attached hydrogen (secondary N) is 2. The molecule has 104 valence electrons. The van der Waals surface area contributed by atoms with E-state index in [4.69, 9.17) is 11.6 Å². The summed E-state index contributed by atoms with van der Waals surface area (Å²) < 4.78 is 0.972. The van der Waals surface area contributed by atoms with Crippen LogP contribution in [0.5, 0.6) is 0 Å². The summed E-state index contributed by atoms with van der Waals surface area (Å²) >= 11 is 9.41. The maximum Gasteiger partial charge on any atom is 0.243 e. The molecule has 0 aliphatic heterocycles. The molecule has 0 atom stereocenters. The largest absolute Gasteiger partial charge is 0.375 e. The molecule has 2 N–H and O–H groups in total. The highest BCUT2D eigenvalue weighted by molar-refractivity contribution is 9.10. The van der Waals surface area contributed by atoms with Crippen LogP contribution in [0.3, 0.4) is 0 Å². The molecular formula is C15H14BrClN2O. The molecule has 1 amide bonds. The minimum atomic E-state index is -0.120. The average molecular weight is 354 g/mol. The van der Waals surface area contributed by atoms with Gasteiger partial charge in [-0.2, -0.15) is 0 Å². The summed E-state index contributed by atoms with van der Waals surface area (Å²) in [5, 5.41) is 6.44. The zero-order valence-electron chi connectivity index (χ0n) is 10.9. The smallest absolute Gasteiger partial charge is 0.243 e. The molecule has 0 fully saturated rings. The van der Waals surface area contributed by atoms with Gasteiger partial charge in [-0.25, -0.2) is 0 Å². The van der Waals surface area contributed by atoms with Crippen molar-refractivity contribution in [2.24, 2.45) is 0 Å². The van der Waals surface area contributed by atoms with Crippen molar-refractivity contribution in [3.05, 3.63) is 57.5 Å². The van der Waals surface area contributed by atoms with Gasteiger partial charge in [0.05, 0.1) is 17.3 Å². The van der Waals surface area contributed by atoms with Crippen molar-refractivity contribution in [1.29, 1.82) is 0 Å². The predicted molar refractivity (Wildman–Crippen MR) is 87.5 cm³/mol. The second-order valence-corrected chi connectivity index (χ2v) is 5.71. The number of carbonyl (C=O) groups excluding carboxylic acids is 1. The summed E-state index contributed by atoms with van der Waals surface area (Å²) in [5.41, 5.74) is 2.61. The lowest BCUT2D eigenvalue weighted by Gasteiger charge is -2.10. The number of aryl methyl sites for hydroxylation is 1. The van der Waals surface area contributed by atoms with E-state index in [1.165, 1.54) is 0 Å². The van der Waals surface area contributed by atoms with Gasteiger partial charge in [-0.1, -0.05) is 33.6 Å². The Morgan fingerprint density at radius 1 is 1.20 bits per heavy atom. The fraction of sp³-hybridized carbons (Fsp3) is 0.133. The Kier molecular flexibility index (Phi) is 5.04. The van der Waals surface area contributed by atoms with Crippen molar-refractivity contribution in [3.63, 3.8) is 0 Å². The van der Waals surface area contributed by atoms with E-state index in [2.05, 4.69) is 26.6 Å². The molecule has 0 bridgehead atoms. The van der Waals surface area contributed by atoms with Crippen LogP contribution in [0.1, 0.15) is 5.56 Å². The van der Waals surface area contributed by atoms with E-state index in [-0.39, 0.29) is 12.5 Å². The maximum absolute atomic E-state index is 11.8. The molecule has 0 saturated heterocycles. The first-order valence-corrected chi connectivity index (χ1v) is 7.27. The molecule has 2 rings (SSSR count). The van der Waals surface area contributed by atoms with Gasteiger partial charge in [0.2, 0.25) is 5.91 Å². The van der Waals surface area contributed by atoms with Gasteiger partial charge in [0.1, 0.15) is 0 Å². The lowest BCUT2D eigenvalue weighted by Crippen LogP contribution is -2.21. The summed E-state index contributed by atoms with van der Waals surface area (Å²) in [5.74, 6) is -0.120. The molecule has 0 aliphatic rings. The quantitative estimate of drug-likeness (QED) is 0.852.